The number of rotatable bonds is 4. The Bertz CT molecular complexity index is 914. The molecule has 130 valence electrons. The van der Waals surface area contributed by atoms with Gasteiger partial charge in [0.2, 0.25) is 5.89 Å². The van der Waals surface area contributed by atoms with E-state index >= 15 is 0 Å². The average molecular weight is 345 g/mol. The first-order chi connectivity index (χ1) is 12.8. The first-order valence-corrected chi connectivity index (χ1v) is 8.79. The van der Waals surface area contributed by atoms with Crippen LogP contribution in [-0.4, -0.2) is 16.4 Å². The van der Waals surface area contributed by atoms with Crippen LogP contribution in [0.3, 0.4) is 0 Å². The molecule has 1 aromatic heterocycles. The molecular weight excluding hydrogens is 326 g/mol. The number of benzene rings is 2. The zero-order valence-corrected chi connectivity index (χ0v) is 14.3. The molecule has 1 saturated heterocycles. The van der Waals surface area contributed by atoms with Crippen molar-refractivity contribution in [3.63, 3.8) is 0 Å². The number of likely N-dealkylation sites (tertiary alicyclic amines) is 1. The molecule has 1 aliphatic heterocycles. The minimum absolute atomic E-state index is 0.0790. The molecule has 0 saturated carbocycles. The zero-order valence-electron chi connectivity index (χ0n) is 14.3. The second-order valence-corrected chi connectivity index (χ2v) is 6.29. The standard InChI is InChI=1S/C21H19N3O2/c22-15-24-13-7-6-11-19(24)21-23-18(14-25-21)17-10-4-5-12-20(17)26-16-8-2-1-3-9-16/h1-5,8-10,12,14,19H,6-7,11,13H2. The van der Waals surface area contributed by atoms with Gasteiger partial charge in [0.25, 0.3) is 0 Å². The van der Waals surface area contributed by atoms with Gasteiger partial charge in [-0.1, -0.05) is 30.3 Å². The fraction of sp³-hybridized carbons (Fsp3) is 0.238. The number of aromatic nitrogens is 1. The molecule has 3 aromatic rings. The van der Waals surface area contributed by atoms with E-state index in [1.54, 1.807) is 11.2 Å². The van der Waals surface area contributed by atoms with E-state index < -0.39 is 0 Å². The lowest BCUT2D eigenvalue weighted by Crippen LogP contribution is -2.29. The number of ether oxygens (including phenoxy) is 1. The van der Waals surface area contributed by atoms with E-state index in [2.05, 4.69) is 11.2 Å². The Labute approximate surface area is 152 Å². The minimum Gasteiger partial charge on any atom is -0.457 e. The van der Waals surface area contributed by atoms with Gasteiger partial charge in [0.1, 0.15) is 29.5 Å². The Hall–Kier alpha value is -3.26. The summed E-state index contributed by atoms with van der Waals surface area (Å²) in [6.07, 6.45) is 6.90. The summed E-state index contributed by atoms with van der Waals surface area (Å²) >= 11 is 0. The van der Waals surface area contributed by atoms with Crippen molar-refractivity contribution in [1.29, 1.82) is 5.26 Å². The fourth-order valence-electron chi connectivity index (χ4n) is 3.26. The molecule has 1 atom stereocenters. The van der Waals surface area contributed by atoms with E-state index in [9.17, 15) is 5.26 Å². The van der Waals surface area contributed by atoms with E-state index in [0.29, 0.717) is 5.89 Å². The summed E-state index contributed by atoms with van der Waals surface area (Å²) in [6.45, 7) is 0.757. The predicted octanol–water partition coefficient (Wildman–Crippen LogP) is 5.14. The van der Waals surface area contributed by atoms with Crippen molar-refractivity contribution in [2.24, 2.45) is 0 Å². The van der Waals surface area contributed by atoms with Crippen molar-refractivity contribution in [3.8, 4) is 28.9 Å². The topological polar surface area (TPSA) is 62.3 Å². The largest absolute Gasteiger partial charge is 0.457 e. The monoisotopic (exact) mass is 345 g/mol. The summed E-state index contributed by atoms with van der Waals surface area (Å²) in [5, 5.41) is 9.34. The maximum Gasteiger partial charge on any atom is 0.218 e. The van der Waals surface area contributed by atoms with Crippen LogP contribution in [0.15, 0.2) is 65.3 Å². The van der Waals surface area contributed by atoms with Gasteiger partial charge >= 0.3 is 0 Å². The van der Waals surface area contributed by atoms with E-state index in [4.69, 9.17) is 9.15 Å². The van der Waals surface area contributed by atoms with Gasteiger partial charge in [-0.15, -0.1) is 0 Å². The zero-order chi connectivity index (χ0) is 17.8. The molecule has 5 nitrogen and oxygen atoms in total. The molecule has 0 amide bonds. The molecule has 1 fully saturated rings. The summed E-state index contributed by atoms with van der Waals surface area (Å²) < 4.78 is 11.8. The SMILES string of the molecule is N#CN1CCCCC1c1nc(-c2ccccc2Oc2ccccc2)co1. The van der Waals surface area contributed by atoms with E-state index in [0.717, 1.165) is 48.6 Å². The van der Waals surface area contributed by atoms with E-state index in [1.165, 1.54) is 0 Å². The van der Waals surface area contributed by atoms with Gasteiger partial charge in [-0.3, -0.25) is 4.90 Å². The van der Waals surface area contributed by atoms with Crippen LogP contribution in [0.25, 0.3) is 11.3 Å². The number of hydrogen-bond acceptors (Lipinski definition) is 5. The summed E-state index contributed by atoms with van der Waals surface area (Å²) in [5.41, 5.74) is 1.58. The normalized spacial score (nSPS) is 16.9. The highest BCUT2D eigenvalue weighted by atomic mass is 16.5. The lowest BCUT2D eigenvalue weighted by Gasteiger charge is -2.28. The highest BCUT2D eigenvalue weighted by molar-refractivity contribution is 5.67. The minimum atomic E-state index is -0.0790. The van der Waals surface area contributed by atoms with E-state index in [1.807, 2.05) is 54.6 Å². The second kappa shape index (κ2) is 7.32. The summed E-state index contributed by atoms with van der Waals surface area (Å²) in [5.74, 6) is 2.08. The molecular formula is C21H19N3O2. The number of nitrogens with zero attached hydrogens (tertiary/aromatic N) is 3. The smallest absolute Gasteiger partial charge is 0.218 e. The Morgan fingerprint density at radius 2 is 1.88 bits per heavy atom. The van der Waals surface area contributed by atoms with Crippen LogP contribution in [0.5, 0.6) is 11.5 Å². The van der Waals surface area contributed by atoms with Gasteiger partial charge in [-0.2, -0.15) is 5.26 Å². The number of oxazole rings is 1. The third-order valence-electron chi connectivity index (χ3n) is 4.57. The van der Waals surface area contributed by atoms with Crippen molar-refractivity contribution in [2.45, 2.75) is 25.3 Å². The van der Waals surface area contributed by atoms with Crippen molar-refractivity contribution < 1.29 is 9.15 Å². The molecule has 0 bridgehead atoms. The number of piperidine rings is 1. The van der Waals surface area contributed by atoms with Crippen LogP contribution in [0.4, 0.5) is 0 Å². The van der Waals surface area contributed by atoms with Crippen LogP contribution in [0.2, 0.25) is 0 Å². The first kappa shape index (κ1) is 16.2. The van der Waals surface area contributed by atoms with Crippen LogP contribution < -0.4 is 4.74 Å². The maximum absolute atomic E-state index is 9.34. The lowest BCUT2D eigenvalue weighted by atomic mass is 10.0. The van der Waals surface area contributed by atoms with Crippen molar-refractivity contribution in [1.82, 2.24) is 9.88 Å². The predicted molar refractivity (Wildman–Crippen MR) is 97.4 cm³/mol. The average Bonchev–Trinajstić information content (AvgIpc) is 3.19. The molecule has 4 rings (SSSR count). The number of hydrogen-bond donors (Lipinski definition) is 0. The Morgan fingerprint density at radius 3 is 2.73 bits per heavy atom. The third-order valence-corrected chi connectivity index (χ3v) is 4.57. The molecule has 5 heteroatoms. The van der Waals surface area contributed by atoms with Crippen molar-refractivity contribution in [3.05, 3.63) is 66.8 Å². The molecule has 0 N–H and O–H groups in total. The van der Waals surface area contributed by atoms with Crippen molar-refractivity contribution in [2.75, 3.05) is 6.54 Å². The second-order valence-electron chi connectivity index (χ2n) is 6.29. The van der Waals surface area contributed by atoms with Gasteiger partial charge in [0.15, 0.2) is 6.19 Å². The molecule has 1 unspecified atom stereocenters. The molecule has 0 aliphatic carbocycles. The molecule has 0 spiro atoms. The summed E-state index contributed by atoms with van der Waals surface area (Å²) in [7, 11) is 0. The highest BCUT2D eigenvalue weighted by Gasteiger charge is 2.27. The van der Waals surface area contributed by atoms with Gasteiger partial charge in [-0.05, 0) is 43.5 Å². The summed E-state index contributed by atoms with van der Waals surface area (Å²) in [6, 6.07) is 17.3. The van der Waals surface area contributed by atoms with Crippen molar-refractivity contribution >= 4 is 0 Å². The molecule has 0 radical (unpaired) electrons. The Kier molecular flexibility index (Phi) is 4.57. The van der Waals surface area contributed by atoms with Crippen LogP contribution in [-0.2, 0) is 0 Å². The molecule has 26 heavy (non-hydrogen) atoms. The van der Waals surface area contributed by atoms with Crippen LogP contribution in [0, 0.1) is 11.5 Å². The first-order valence-electron chi connectivity index (χ1n) is 8.79. The number of nitriles is 1. The highest BCUT2D eigenvalue weighted by Crippen LogP contribution is 2.35. The summed E-state index contributed by atoms with van der Waals surface area (Å²) in [4.78, 5) is 6.42. The number of para-hydroxylation sites is 2. The lowest BCUT2D eigenvalue weighted by molar-refractivity contribution is 0.193. The fourth-order valence-corrected chi connectivity index (χ4v) is 3.26. The molecule has 1 aliphatic rings. The molecule has 2 heterocycles. The maximum atomic E-state index is 9.34. The van der Waals surface area contributed by atoms with E-state index in [-0.39, 0.29) is 6.04 Å². The van der Waals surface area contributed by atoms with Crippen LogP contribution >= 0.6 is 0 Å². The van der Waals surface area contributed by atoms with Gasteiger partial charge in [0, 0.05) is 12.1 Å². The quantitative estimate of drug-likeness (QED) is 0.613. The van der Waals surface area contributed by atoms with Gasteiger partial charge in [0.05, 0.1) is 0 Å². The third kappa shape index (κ3) is 3.27. The van der Waals surface area contributed by atoms with Gasteiger partial charge in [-0.25, -0.2) is 4.98 Å². The van der Waals surface area contributed by atoms with Crippen LogP contribution in [0.1, 0.15) is 31.2 Å². The van der Waals surface area contributed by atoms with Gasteiger partial charge < -0.3 is 9.15 Å². The Morgan fingerprint density at radius 1 is 1.08 bits per heavy atom. The Balaban J connectivity index is 1.63. The molecule has 2 aromatic carbocycles.